The van der Waals surface area contributed by atoms with E-state index in [-0.39, 0.29) is 5.91 Å². The van der Waals surface area contributed by atoms with Crippen LogP contribution in [0.4, 0.5) is 11.6 Å². The molecule has 1 aromatic heterocycles. The first kappa shape index (κ1) is 20.8. The molecule has 0 atom stereocenters. The second-order valence-electron chi connectivity index (χ2n) is 6.89. The normalized spacial score (nSPS) is 10.8. The number of nitrogens with zero attached hydrogens (tertiary/aromatic N) is 3. The largest absolute Gasteiger partial charge is 0.352 e. The van der Waals surface area contributed by atoms with Crippen molar-refractivity contribution >= 4 is 29.1 Å². The van der Waals surface area contributed by atoms with Crippen molar-refractivity contribution in [2.45, 2.75) is 6.42 Å². The van der Waals surface area contributed by atoms with Gasteiger partial charge >= 0.3 is 0 Å². The minimum Gasteiger partial charge on any atom is -0.352 e. The number of benzene rings is 2. The Kier molecular flexibility index (Phi) is 7.16. The van der Waals surface area contributed by atoms with Crippen molar-refractivity contribution < 1.29 is 4.79 Å². The van der Waals surface area contributed by atoms with E-state index in [1.807, 2.05) is 56.6 Å². The van der Waals surface area contributed by atoms with Crippen LogP contribution < -0.4 is 10.6 Å². The Morgan fingerprint density at radius 2 is 1.76 bits per heavy atom. The maximum absolute atomic E-state index is 12.2. The van der Waals surface area contributed by atoms with Crippen LogP contribution >= 0.6 is 11.6 Å². The predicted molar refractivity (Wildman–Crippen MR) is 118 cm³/mol. The Balaban J connectivity index is 1.60. The van der Waals surface area contributed by atoms with E-state index < -0.39 is 0 Å². The van der Waals surface area contributed by atoms with Crippen LogP contribution in [0.5, 0.6) is 0 Å². The molecule has 0 bridgehead atoms. The highest BCUT2D eigenvalue weighted by Gasteiger charge is 2.06. The van der Waals surface area contributed by atoms with Crippen LogP contribution in [-0.2, 0) is 0 Å². The number of carbonyl (C=O) groups excluding carboxylic acids is 1. The average Bonchev–Trinajstić information content (AvgIpc) is 2.72. The summed E-state index contributed by atoms with van der Waals surface area (Å²) in [6.07, 6.45) is 2.62. The van der Waals surface area contributed by atoms with Gasteiger partial charge in [-0.15, -0.1) is 0 Å². The molecule has 2 aromatic carbocycles. The molecule has 0 radical (unpaired) electrons. The Morgan fingerprint density at radius 3 is 2.45 bits per heavy atom. The van der Waals surface area contributed by atoms with E-state index in [0.717, 1.165) is 29.9 Å². The minimum absolute atomic E-state index is 0.0729. The van der Waals surface area contributed by atoms with Crippen LogP contribution in [0.15, 0.2) is 60.8 Å². The molecule has 150 valence electrons. The highest BCUT2D eigenvalue weighted by Crippen LogP contribution is 2.21. The summed E-state index contributed by atoms with van der Waals surface area (Å²) in [7, 11) is 4.03. The van der Waals surface area contributed by atoms with Gasteiger partial charge in [0.2, 0.25) is 5.95 Å². The molecule has 3 rings (SSSR count). The zero-order valence-corrected chi connectivity index (χ0v) is 17.3. The van der Waals surface area contributed by atoms with E-state index in [2.05, 4.69) is 25.5 Å². The first-order valence-electron chi connectivity index (χ1n) is 9.40. The number of hydrogen-bond acceptors (Lipinski definition) is 5. The third-order valence-electron chi connectivity index (χ3n) is 4.27. The van der Waals surface area contributed by atoms with E-state index in [4.69, 9.17) is 11.6 Å². The summed E-state index contributed by atoms with van der Waals surface area (Å²) in [5, 5.41) is 6.79. The van der Waals surface area contributed by atoms with Crippen LogP contribution in [0.25, 0.3) is 11.3 Å². The van der Waals surface area contributed by atoms with Crippen molar-refractivity contribution in [1.82, 2.24) is 20.2 Å². The number of aromatic nitrogens is 2. The number of nitrogens with one attached hydrogen (secondary N) is 2. The van der Waals surface area contributed by atoms with Gasteiger partial charge < -0.3 is 15.5 Å². The van der Waals surface area contributed by atoms with Crippen LogP contribution in [0, 0.1) is 0 Å². The number of anilines is 2. The first-order chi connectivity index (χ1) is 14.0. The van der Waals surface area contributed by atoms with Crippen LogP contribution in [0.1, 0.15) is 16.8 Å². The number of hydrogen-bond donors (Lipinski definition) is 2. The summed E-state index contributed by atoms with van der Waals surface area (Å²) in [6.45, 7) is 1.60. The van der Waals surface area contributed by atoms with Crippen LogP contribution in [0.2, 0.25) is 5.02 Å². The highest BCUT2D eigenvalue weighted by molar-refractivity contribution is 6.30. The smallest absolute Gasteiger partial charge is 0.251 e. The minimum atomic E-state index is -0.0729. The van der Waals surface area contributed by atoms with E-state index in [1.165, 1.54) is 0 Å². The fourth-order valence-electron chi connectivity index (χ4n) is 2.73. The fraction of sp³-hybridized carbons (Fsp3) is 0.227. The summed E-state index contributed by atoms with van der Waals surface area (Å²) < 4.78 is 0. The maximum atomic E-state index is 12.2. The monoisotopic (exact) mass is 409 g/mol. The molecule has 0 unspecified atom stereocenters. The molecule has 0 saturated carbocycles. The summed E-state index contributed by atoms with van der Waals surface area (Å²) in [5.74, 6) is 0.412. The Hall–Kier alpha value is -2.96. The van der Waals surface area contributed by atoms with E-state index in [9.17, 15) is 4.79 Å². The second kappa shape index (κ2) is 10.0. The van der Waals surface area contributed by atoms with E-state index in [1.54, 1.807) is 18.3 Å². The lowest BCUT2D eigenvalue weighted by Crippen LogP contribution is -2.27. The topological polar surface area (TPSA) is 70.2 Å². The second-order valence-corrected chi connectivity index (χ2v) is 7.32. The van der Waals surface area contributed by atoms with Crippen LogP contribution in [0.3, 0.4) is 0 Å². The highest BCUT2D eigenvalue weighted by atomic mass is 35.5. The molecule has 0 spiro atoms. The van der Waals surface area contributed by atoms with Crippen LogP contribution in [-0.4, -0.2) is 48.0 Å². The van der Waals surface area contributed by atoms with Gasteiger partial charge in [0.05, 0.1) is 5.69 Å². The lowest BCUT2D eigenvalue weighted by Gasteiger charge is -2.10. The Labute approximate surface area is 175 Å². The molecule has 0 aliphatic heterocycles. The molecule has 0 aliphatic rings. The Bertz CT molecular complexity index is 942. The molecule has 29 heavy (non-hydrogen) atoms. The summed E-state index contributed by atoms with van der Waals surface area (Å²) in [4.78, 5) is 23.1. The number of halogens is 1. The quantitative estimate of drug-likeness (QED) is 0.545. The average molecular weight is 410 g/mol. The standard InChI is InChI=1S/C22H24ClN5O/c1-28(2)15-3-13-24-21(29)17-6-10-19(11-7-17)26-22-25-14-12-20(27-22)16-4-8-18(23)9-5-16/h4-12,14H,3,13,15H2,1-2H3,(H,24,29)(H,25,26,27). The molecule has 0 fully saturated rings. The molecule has 1 heterocycles. The Morgan fingerprint density at radius 1 is 1.03 bits per heavy atom. The lowest BCUT2D eigenvalue weighted by molar-refractivity contribution is 0.0952. The molecule has 2 N–H and O–H groups in total. The number of amides is 1. The van der Waals surface area contributed by atoms with Crippen molar-refractivity contribution in [2.24, 2.45) is 0 Å². The molecule has 0 saturated heterocycles. The molecule has 7 heteroatoms. The molecular weight excluding hydrogens is 386 g/mol. The fourth-order valence-corrected chi connectivity index (χ4v) is 2.86. The molecule has 6 nitrogen and oxygen atoms in total. The van der Waals surface area contributed by atoms with E-state index >= 15 is 0 Å². The van der Waals surface area contributed by atoms with Crippen molar-refractivity contribution in [2.75, 3.05) is 32.5 Å². The van der Waals surface area contributed by atoms with Gasteiger partial charge in [0, 0.05) is 34.6 Å². The van der Waals surface area contributed by atoms with Crippen molar-refractivity contribution in [3.63, 3.8) is 0 Å². The van der Waals surface area contributed by atoms with Crippen molar-refractivity contribution in [1.29, 1.82) is 0 Å². The van der Waals surface area contributed by atoms with Gasteiger partial charge in [-0.25, -0.2) is 9.97 Å². The molecule has 1 amide bonds. The van der Waals surface area contributed by atoms with Crippen molar-refractivity contribution in [3.8, 4) is 11.3 Å². The predicted octanol–water partition coefficient (Wildman–Crippen LogP) is 4.22. The van der Waals surface area contributed by atoms with E-state index in [0.29, 0.717) is 23.1 Å². The molecule has 0 aliphatic carbocycles. The van der Waals surface area contributed by atoms with Gasteiger partial charge in [0.1, 0.15) is 0 Å². The van der Waals surface area contributed by atoms with Crippen molar-refractivity contribution in [3.05, 3.63) is 71.4 Å². The summed E-state index contributed by atoms with van der Waals surface area (Å²) in [5.41, 5.74) is 3.19. The zero-order chi connectivity index (χ0) is 20.6. The number of carbonyl (C=O) groups is 1. The van der Waals surface area contributed by atoms with Gasteiger partial charge in [-0.05, 0) is 69.5 Å². The first-order valence-corrected chi connectivity index (χ1v) is 9.78. The van der Waals surface area contributed by atoms with Gasteiger partial charge in [-0.3, -0.25) is 4.79 Å². The molecule has 3 aromatic rings. The summed E-state index contributed by atoms with van der Waals surface area (Å²) >= 11 is 5.95. The van der Waals surface area contributed by atoms with Gasteiger partial charge in [0.15, 0.2) is 0 Å². The lowest BCUT2D eigenvalue weighted by atomic mass is 10.1. The van der Waals surface area contributed by atoms with Gasteiger partial charge in [-0.1, -0.05) is 23.7 Å². The third-order valence-corrected chi connectivity index (χ3v) is 4.52. The SMILES string of the molecule is CN(C)CCCNC(=O)c1ccc(Nc2nccc(-c3ccc(Cl)cc3)n2)cc1. The summed E-state index contributed by atoms with van der Waals surface area (Å²) in [6, 6.07) is 16.6. The maximum Gasteiger partial charge on any atom is 0.251 e. The molecular formula is C22H24ClN5O. The van der Waals surface area contributed by atoms with Gasteiger partial charge in [0.25, 0.3) is 5.91 Å². The zero-order valence-electron chi connectivity index (χ0n) is 16.5. The number of rotatable bonds is 8. The third kappa shape index (κ3) is 6.27. The van der Waals surface area contributed by atoms with Gasteiger partial charge in [-0.2, -0.15) is 0 Å².